The number of hydrogen-bond donors (Lipinski definition) is 1. The van der Waals surface area contributed by atoms with Crippen LogP contribution in [0.3, 0.4) is 0 Å². The molecule has 0 amide bonds. The fraction of sp³-hybridized carbons (Fsp3) is 0.600. The van der Waals surface area contributed by atoms with E-state index in [4.69, 9.17) is 0 Å². The van der Waals surface area contributed by atoms with Gasteiger partial charge in [-0.3, -0.25) is 4.90 Å². The van der Waals surface area contributed by atoms with Gasteiger partial charge in [0, 0.05) is 18.2 Å². The second-order valence-electron chi connectivity index (χ2n) is 5.23. The Bertz CT molecular complexity index is 364. The van der Waals surface area contributed by atoms with Crippen molar-refractivity contribution in [3.8, 4) is 5.75 Å². The number of benzene rings is 1. The van der Waals surface area contributed by atoms with E-state index < -0.39 is 0 Å². The summed E-state index contributed by atoms with van der Waals surface area (Å²) in [5, 5.41) is 9.98. The number of rotatable bonds is 3. The number of phenolic OH excluding ortho intramolecular Hbond substituents is 1. The van der Waals surface area contributed by atoms with Crippen LogP contribution in [0.2, 0.25) is 0 Å². The molecule has 94 valence electrons. The van der Waals surface area contributed by atoms with Crippen molar-refractivity contribution in [2.24, 2.45) is 5.92 Å². The molecule has 0 bridgehead atoms. The van der Waals surface area contributed by atoms with E-state index in [9.17, 15) is 5.11 Å². The van der Waals surface area contributed by atoms with Gasteiger partial charge in [0.2, 0.25) is 0 Å². The van der Waals surface area contributed by atoms with Crippen LogP contribution in [0.1, 0.15) is 44.7 Å². The molecule has 1 aromatic carbocycles. The van der Waals surface area contributed by atoms with Crippen molar-refractivity contribution >= 4 is 0 Å². The Morgan fingerprint density at radius 3 is 2.82 bits per heavy atom. The zero-order valence-electron chi connectivity index (χ0n) is 10.9. The molecule has 2 atom stereocenters. The molecule has 1 aliphatic rings. The summed E-state index contributed by atoms with van der Waals surface area (Å²) in [6.07, 6.45) is 3.68. The van der Waals surface area contributed by atoms with E-state index in [1.54, 1.807) is 6.07 Å². The van der Waals surface area contributed by atoms with Gasteiger partial charge in [0.05, 0.1) is 0 Å². The molecule has 1 heterocycles. The van der Waals surface area contributed by atoms with Crippen LogP contribution in [0.4, 0.5) is 0 Å². The van der Waals surface area contributed by atoms with Gasteiger partial charge in [-0.05, 0) is 37.8 Å². The number of likely N-dealkylation sites (tertiary alicyclic amines) is 1. The molecule has 1 N–H and O–H groups in total. The first-order chi connectivity index (χ1) is 8.22. The van der Waals surface area contributed by atoms with Crippen molar-refractivity contribution in [2.45, 2.75) is 39.2 Å². The zero-order chi connectivity index (χ0) is 12.3. The molecule has 0 aliphatic carbocycles. The van der Waals surface area contributed by atoms with Crippen molar-refractivity contribution in [3.63, 3.8) is 0 Å². The van der Waals surface area contributed by atoms with Crippen molar-refractivity contribution in [1.82, 2.24) is 4.90 Å². The van der Waals surface area contributed by atoms with Crippen molar-refractivity contribution in [2.75, 3.05) is 13.1 Å². The highest BCUT2D eigenvalue weighted by molar-refractivity contribution is 5.34. The molecule has 0 radical (unpaired) electrons. The third-order valence-corrected chi connectivity index (χ3v) is 3.81. The molecule has 2 nitrogen and oxygen atoms in total. The van der Waals surface area contributed by atoms with E-state index in [-0.39, 0.29) is 0 Å². The summed E-state index contributed by atoms with van der Waals surface area (Å²) in [5.41, 5.74) is 1.09. The molecule has 0 spiro atoms. The maximum atomic E-state index is 9.98. The van der Waals surface area contributed by atoms with E-state index in [1.807, 2.05) is 12.1 Å². The molecule has 2 heteroatoms. The fourth-order valence-corrected chi connectivity index (χ4v) is 2.95. The zero-order valence-corrected chi connectivity index (χ0v) is 10.9. The number of hydrogen-bond acceptors (Lipinski definition) is 2. The topological polar surface area (TPSA) is 23.5 Å². The van der Waals surface area contributed by atoms with Crippen LogP contribution in [-0.2, 0) is 0 Å². The summed E-state index contributed by atoms with van der Waals surface area (Å²) >= 11 is 0. The predicted octanol–water partition coefficient (Wildman–Crippen LogP) is 3.58. The lowest BCUT2D eigenvalue weighted by Gasteiger charge is -2.37. The summed E-state index contributed by atoms with van der Waals surface area (Å²) in [4.78, 5) is 2.53. The molecule has 1 aliphatic heterocycles. The number of phenols is 1. The quantitative estimate of drug-likeness (QED) is 0.862. The Balaban J connectivity index is 2.18. The number of para-hydroxylation sites is 1. The molecule has 1 saturated heterocycles. The number of piperidine rings is 1. The number of aromatic hydroxyl groups is 1. The highest BCUT2D eigenvalue weighted by atomic mass is 16.3. The largest absolute Gasteiger partial charge is 0.508 e. The van der Waals surface area contributed by atoms with Gasteiger partial charge in [0.1, 0.15) is 5.75 Å². The Morgan fingerprint density at radius 1 is 1.41 bits per heavy atom. The molecule has 1 aromatic rings. The average Bonchev–Trinajstić information content (AvgIpc) is 2.33. The second-order valence-corrected chi connectivity index (χ2v) is 5.23. The van der Waals surface area contributed by atoms with Crippen molar-refractivity contribution in [3.05, 3.63) is 29.8 Å². The Labute approximate surface area is 104 Å². The van der Waals surface area contributed by atoms with Gasteiger partial charge >= 0.3 is 0 Å². The summed E-state index contributed by atoms with van der Waals surface area (Å²) in [6, 6.07) is 8.14. The van der Waals surface area contributed by atoms with Gasteiger partial charge in [-0.25, -0.2) is 0 Å². The first-order valence-corrected chi connectivity index (χ1v) is 6.74. The average molecular weight is 233 g/mol. The maximum absolute atomic E-state index is 9.98. The first-order valence-electron chi connectivity index (χ1n) is 6.74. The van der Waals surface area contributed by atoms with Crippen LogP contribution in [0.25, 0.3) is 0 Å². The second kappa shape index (κ2) is 5.54. The highest BCUT2D eigenvalue weighted by Gasteiger charge is 2.25. The third-order valence-electron chi connectivity index (χ3n) is 3.81. The molecule has 2 unspecified atom stereocenters. The molecular weight excluding hydrogens is 210 g/mol. The van der Waals surface area contributed by atoms with Gasteiger partial charge in [-0.2, -0.15) is 0 Å². The van der Waals surface area contributed by atoms with Gasteiger partial charge in [0.15, 0.2) is 0 Å². The summed E-state index contributed by atoms with van der Waals surface area (Å²) in [5.74, 6) is 1.22. The fourth-order valence-electron chi connectivity index (χ4n) is 2.95. The minimum Gasteiger partial charge on any atom is -0.508 e. The Kier molecular flexibility index (Phi) is 4.06. The van der Waals surface area contributed by atoms with Gasteiger partial charge < -0.3 is 5.11 Å². The minimum absolute atomic E-state index is 0.374. The molecule has 1 fully saturated rings. The van der Waals surface area contributed by atoms with Crippen LogP contribution in [0, 0.1) is 5.92 Å². The van der Waals surface area contributed by atoms with Crippen LogP contribution < -0.4 is 0 Å². The third kappa shape index (κ3) is 2.81. The Hall–Kier alpha value is -1.02. The lowest BCUT2D eigenvalue weighted by Crippen LogP contribution is -2.37. The smallest absolute Gasteiger partial charge is 0.120 e. The van der Waals surface area contributed by atoms with Crippen LogP contribution >= 0.6 is 0 Å². The van der Waals surface area contributed by atoms with Crippen molar-refractivity contribution in [1.29, 1.82) is 0 Å². The van der Waals surface area contributed by atoms with Gasteiger partial charge in [-0.1, -0.05) is 32.0 Å². The molecular formula is C15H23NO. The van der Waals surface area contributed by atoms with E-state index in [0.717, 1.165) is 31.0 Å². The SMILES string of the molecule is CCC(c1ccccc1O)N1CCCC(C)C1. The van der Waals surface area contributed by atoms with Gasteiger partial charge in [-0.15, -0.1) is 0 Å². The van der Waals surface area contributed by atoms with Crippen LogP contribution in [-0.4, -0.2) is 23.1 Å². The summed E-state index contributed by atoms with van der Waals surface area (Å²) in [7, 11) is 0. The summed E-state index contributed by atoms with van der Waals surface area (Å²) in [6.45, 7) is 6.85. The first kappa shape index (κ1) is 12.4. The lowest BCUT2D eigenvalue weighted by atomic mass is 9.94. The standard InChI is InChI=1S/C15H23NO/c1-3-14(13-8-4-5-9-15(13)17)16-10-6-7-12(2)11-16/h4-5,8-9,12,14,17H,3,6-7,10-11H2,1-2H3. The molecule has 2 rings (SSSR count). The van der Waals surface area contributed by atoms with E-state index in [1.165, 1.54) is 12.8 Å². The Morgan fingerprint density at radius 2 is 2.18 bits per heavy atom. The number of nitrogens with zero attached hydrogens (tertiary/aromatic N) is 1. The molecule has 0 aromatic heterocycles. The normalized spacial score (nSPS) is 23.5. The minimum atomic E-state index is 0.374. The highest BCUT2D eigenvalue weighted by Crippen LogP contribution is 2.33. The van der Waals surface area contributed by atoms with Gasteiger partial charge in [0.25, 0.3) is 0 Å². The monoisotopic (exact) mass is 233 g/mol. The predicted molar refractivity (Wildman–Crippen MR) is 71.1 cm³/mol. The van der Waals surface area contributed by atoms with E-state index in [0.29, 0.717) is 11.8 Å². The van der Waals surface area contributed by atoms with Crippen LogP contribution in [0.15, 0.2) is 24.3 Å². The maximum Gasteiger partial charge on any atom is 0.120 e. The van der Waals surface area contributed by atoms with Crippen LogP contribution in [0.5, 0.6) is 5.75 Å². The molecule has 0 saturated carbocycles. The van der Waals surface area contributed by atoms with E-state index >= 15 is 0 Å². The summed E-state index contributed by atoms with van der Waals surface area (Å²) < 4.78 is 0. The van der Waals surface area contributed by atoms with Crippen molar-refractivity contribution < 1.29 is 5.11 Å². The molecule has 17 heavy (non-hydrogen) atoms. The van der Waals surface area contributed by atoms with E-state index in [2.05, 4.69) is 24.8 Å². The lowest BCUT2D eigenvalue weighted by molar-refractivity contribution is 0.124.